The van der Waals surface area contributed by atoms with Crippen molar-refractivity contribution >= 4 is 184 Å². The summed E-state index contributed by atoms with van der Waals surface area (Å²) in [6.07, 6.45) is 0. The van der Waals surface area contributed by atoms with Gasteiger partial charge in [0.2, 0.25) is 17.8 Å². The molecule has 0 spiro atoms. The Bertz CT molecular complexity index is 9830. The van der Waals surface area contributed by atoms with Crippen LogP contribution in [0.3, 0.4) is 0 Å². The van der Waals surface area contributed by atoms with Crippen molar-refractivity contribution in [1.82, 2.24) is 43.6 Å². The minimum Gasteiger partial charge on any atom is -0.456 e. The van der Waals surface area contributed by atoms with Gasteiger partial charge in [-0.1, -0.05) is 354 Å². The van der Waals surface area contributed by atoms with E-state index in [0.717, 1.165) is 144 Å². The summed E-state index contributed by atoms with van der Waals surface area (Å²) in [5, 5.41) is 22.3. The summed E-state index contributed by atoms with van der Waals surface area (Å²) in [6.45, 7) is 4.67. The summed E-state index contributed by atoms with van der Waals surface area (Å²) < 4.78 is 15.5. The normalized spacial score (nSPS) is 12.4. The molecule has 30 rings (SSSR count). The quantitative estimate of drug-likeness (QED) is 0.142. The standard InChI is InChI=1S/C45H31N3.C42H25N3O.C42H25N3S/c1-45(2)37-20-10-8-18-34(37)42-32(19-12-21-38(42)45)31-23-24-35-39(26-31)46-44(47-43(35)28-13-4-3-5-14-28)48-40-22-11-9-17-33(40)36-25-29-15-6-7-16-30(29)27-41(36)48;2*1-2-11-26(12-3-1)41-32-22-21-29(30-17-10-20-39-40(30)33-16-7-9-19-38(33)46-39)24-35(32)43-42(44-41)45-36-18-8-6-15-31(36)34-23-27-13-4-5-14-28(27)25-37(34)45/h3-27H,1-2H3;2*1-25H. The predicted molar refractivity (Wildman–Crippen MR) is 584 cm³/mol. The highest BCUT2D eigenvalue weighted by Gasteiger charge is 2.37. The molecular formula is C129H81N9OS. The lowest BCUT2D eigenvalue weighted by Gasteiger charge is -2.21. The van der Waals surface area contributed by atoms with Crippen LogP contribution in [0.4, 0.5) is 0 Å². The number of thiophene rings is 1. The van der Waals surface area contributed by atoms with Gasteiger partial charge in [-0.25, -0.2) is 29.9 Å². The van der Waals surface area contributed by atoms with E-state index in [9.17, 15) is 0 Å². The van der Waals surface area contributed by atoms with Crippen molar-refractivity contribution in [3.05, 3.63) is 466 Å². The Labute approximate surface area is 807 Å². The Morgan fingerprint density at radius 3 is 1.02 bits per heavy atom. The molecule has 0 saturated heterocycles. The van der Waals surface area contributed by atoms with Gasteiger partial charge in [0, 0.05) is 102 Å². The second-order valence-electron chi connectivity index (χ2n) is 37.1. The smallest absolute Gasteiger partial charge is 0.235 e. The van der Waals surface area contributed by atoms with Gasteiger partial charge < -0.3 is 4.42 Å². The van der Waals surface area contributed by atoms with E-state index in [-0.39, 0.29) is 5.41 Å². The number of aromatic nitrogens is 9. The zero-order valence-corrected chi connectivity index (χ0v) is 77.0. The molecule has 21 aromatic carbocycles. The van der Waals surface area contributed by atoms with Gasteiger partial charge in [-0.2, -0.15) is 0 Å². The monoisotopic (exact) mass is 1800 g/mol. The first-order valence-electron chi connectivity index (χ1n) is 47.6. The molecule has 0 radical (unpaired) electrons. The Hall–Kier alpha value is -18.2. The van der Waals surface area contributed by atoms with Crippen LogP contribution in [0, 0.1) is 0 Å². The van der Waals surface area contributed by atoms with Crippen molar-refractivity contribution in [3.8, 4) is 96.1 Å². The fourth-order valence-corrected chi connectivity index (χ4v) is 23.4. The molecule has 0 aliphatic heterocycles. The van der Waals surface area contributed by atoms with Crippen LogP contribution in [0.5, 0.6) is 0 Å². The molecule has 0 amide bonds. The molecule has 654 valence electrons. The van der Waals surface area contributed by atoms with Gasteiger partial charge in [0.15, 0.2) is 0 Å². The zero-order chi connectivity index (χ0) is 92.4. The third kappa shape index (κ3) is 12.9. The van der Waals surface area contributed by atoms with E-state index in [1.807, 2.05) is 35.6 Å². The van der Waals surface area contributed by atoms with E-state index in [1.165, 1.54) is 118 Å². The number of furan rings is 1. The molecule has 0 bridgehead atoms. The molecule has 11 heteroatoms. The fourth-order valence-electron chi connectivity index (χ4n) is 22.2. The van der Waals surface area contributed by atoms with Crippen LogP contribution in [0.1, 0.15) is 25.0 Å². The van der Waals surface area contributed by atoms with Gasteiger partial charge in [0.25, 0.3) is 0 Å². The number of benzene rings is 21. The molecule has 140 heavy (non-hydrogen) atoms. The first kappa shape index (κ1) is 80.3. The SMILES string of the molecule is CC1(C)c2ccccc2-c2c(-c3ccc4c(-c5ccccc5)nc(-n5c6ccccc6c6cc7ccccc7cc65)nc4c3)cccc21.c1ccc(-c2nc(-n3c4ccccc4c4cc5ccccc5cc43)nc3cc(-c4cccc5oc6ccccc6c45)ccc23)cc1.c1ccc(-c2nc(-n3c4ccccc4c4cc5ccccc5cc43)nc3cc(-c4cccc5sc6ccccc6c45)ccc23)cc1. The van der Waals surface area contributed by atoms with Crippen molar-refractivity contribution in [1.29, 1.82) is 0 Å². The number of hydrogen-bond acceptors (Lipinski definition) is 8. The number of hydrogen-bond donors (Lipinski definition) is 0. The van der Waals surface area contributed by atoms with Crippen molar-refractivity contribution < 1.29 is 4.42 Å². The first-order chi connectivity index (χ1) is 69.2. The molecule has 8 aromatic heterocycles. The molecular weight excluding hydrogens is 1720 g/mol. The number of rotatable bonds is 9. The van der Waals surface area contributed by atoms with Gasteiger partial charge >= 0.3 is 0 Å². The highest BCUT2D eigenvalue weighted by molar-refractivity contribution is 7.26. The van der Waals surface area contributed by atoms with E-state index in [0.29, 0.717) is 17.8 Å². The summed E-state index contributed by atoms with van der Waals surface area (Å²) in [6, 6.07) is 162. The summed E-state index contributed by atoms with van der Waals surface area (Å²) >= 11 is 1.85. The molecule has 29 aromatic rings. The molecule has 10 nitrogen and oxygen atoms in total. The van der Waals surface area contributed by atoms with Crippen LogP contribution in [0.25, 0.3) is 269 Å². The highest BCUT2D eigenvalue weighted by Crippen LogP contribution is 2.54. The lowest BCUT2D eigenvalue weighted by atomic mass is 9.82. The van der Waals surface area contributed by atoms with Crippen LogP contribution >= 0.6 is 11.3 Å². The van der Waals surface area contributed by atoms with E-state index >= 15 is 0 Å². The molecule has 8 heterocycles. The molecule has 0 saturated carbocycles. The molecule has 1 aliphatic rings. The average molecular weight is 1810 g/mol. The van der Waals surface area contributed by atoms with Crippen LogP contribution in [0.2, 0.25) is 0 Å². The Morgan fingerprint density at radius 1 is 0.214 bits per heavy atom. The van der Waals surface area contributed by atoms with Crippen LogP contribution in [-0.2, 0) is 5.41 Å². The van der Waals surface area contributed by atoms with Crippen molar-refractivity contribution in [2.45, 2.75) is 19.3 Å². The second-order valence-corrected chi connectivity index (χ2v) is 38.2. The van der Waals surface area contributed by atoms with Crippen molar-refractivity contribution in [3.63, 3.8) is 0 Å². The molecule has 0 fully saturated rings. The summed E-state index contributed by atoms with van der Waals surface area (Å²) in [5.41, 5.74) is 29.3. The summed E-state index contributed by atoms with van der Waals surface area (Å²) in [5.74, 6) is 1.99. The van der Waals surface area contributed by atoms with E-state index < -0.39 is 0 Å². The lowest BCUT2D eigenvalue weighted by Crippen LogP contribution is -2.14. The average Bonchev–Trinajstić information content (AvgIpc) is 1.72. The number of fused-ring (bicyclic) bond motifs is 24. The van der Waals surface area contributed by atoms with Gasteiger partial charge in [-0.3, -0.25) is 13.7 Å². The van der Waals surface area contributed by atoms with E-state index in [4.69, 9.17) is 34.3 Å². The maximum atomic E-state index is 6.23. The zero-order valence-electron chi connectivity index (χ0n) is 76.1. The van der Waals surface area contributed by atoms with E-state index in [2.05, 4.69) is 458 Å². The van der Waals surface area contributed by atoms with Gasteiger partial charge in [-0.15, -0.1) is 11.3 Å². The third-order valence-electron chi connectivity index (χ3n) is 28.8. The van der Waals surface area contributed by atoms with Gasteiger partial charge in [0.05, 0.1) is 66.7 Å². The Balaban J connectivity index is 0.000000103. The predicted octanol–water partition coefficient (Wildman–Crippen LogP) is 34.2. The topological polar surface area (TPSA) is 105 Å². The van der Waals surface area contributed by atoms with Crippen LogP contribution in [0.15, 0.2) is 459 Å². The van der Waals surface area contributed by atoms with Gasteiger partial charge in [0.1, 0.15) is 11.2 Å². The number of nitrogens with zero attached hydrogens (tertiary/aromatic N) is 9. The first-order valence-corrected chi connectivity index (χ1v) is 48.4. The molecule has 1 aliphatic carbocycles. The second kappa shape index (κ2) is 32.0. The Kier molecular flexibility index (Phi) is 18.4. The minimum absolute atomic E-state index is 0.0602. The molecule has 0 N–H and O–H groups in total. The van der Waals surface area contributed by atoms with Gasteiger partial charge in [-0.05, 0) is 203 Å². The minimum atomic E-state index is -0.0602. The fraction of sp³-hybridized carbons (Fsp3) is 0.0233. The van der Waals surface area contributed by atoms with Crippen molar-refractivity contribution in [2.24, 2.45) is 0 Å². The lowest BCUT2D eigenvalue weighted by molar-refractivity contribution is 0.660. The van der Waals surface area contributed by atoms with Crippen LogP contribution < -0.4 is 0 Å². The largest absolute Gasteiger partial charge is 0.456 e. The van der Waals surface area contributed by atoms with E-state index in [1.54, 1.807) is 0 Å². The summed E-state index contributed by atoms with van der Waals surface area (Å²) in [7, 11) is 0. The Morgan fingerprint density at radius 2 is 0.550 bits per heavy atom. The van der Waals surface area contributed by atoms with Crippen LogP contribution in [-0.4, -0.2) is 43.6 Å². The number of para-hydroxylation sites is 4. The highest BCUT2D eigenvalue weighted by atomic mass is 32.1. The van der Waals surface area contributed by atoms with Crippen molar-refractivity contribution in [2.75, 3.05) is 0 Å². The molecule has 0 atom stereocenters. The maximum absolute atomic E-state index is 6.23. The molecule has 0 unspecified atom stereocenters. The maximum Gasteiger partial charge on any atom is 0.235 e. The third-order valence-corrected chi connectivity index (χ3v) is 29.9. The summed E-state index contributed by atoms with van der Waals surface area (Å²) in [4.78, 5) is 32.1.